The van der Waals surface area contributed by atoms with Crippen LogP contribution in [0.1, 0.15) is 10.4 Å². The highest BCUT2D eigenvalue weighted by atomic mass is 79.9. The monoisotopic (exact) mass is 425 g/mol. The van der Waals surface area contributed by atoms with E-state index in [4.69, 9.17) is 9.47 Å². The Labute approximate surface area is 167 Å². The fourth-order valence-electron chi connectivity index (χ4n) is 2.86. The number of rotatable bonds is 5. The molecule has 4 nitrogen and oxygen atoms in total. The van der Waals surface area contributed by atoms with Gasteiger partial charge < -0.3 is 14.4 Å². The van der Waals surface area contributed by atoms with Gasteiger partial charge in [-0.25, -0.2) is 0 Å². The Balaban J connectivity index is 1.89. The van der Waals surface area contributed by atoms with Gasteiger partial charge in [0.05, 0.1) is 19.9 Å². The quantitative estimate of drug-likeness (QED) is 0.548. The highest BCUT2D eigenvalue weighted by Gasteiger charge is 2.18. The summed E-state index contributed by atoms with van der Waals surface area (Å²) >= 11 is 3.59. The number of methoxy groups -OCH3 is 2. The highest BCUT2D eigenvalue weighted by Crippen LogP contribution is 2.32. The van der Waals surface area contributed by atoms with Crippen molar-refractivity contribution in [2.75, 3.05) is 26.2 Å². The van der Waals surface area contributed by atoms with Crippen LogP contribution >= 0.6 is 15.9 Å². The lowest BCUT2D eigenvalue weighted by atomic mass is 10.0. The lowest BCUT2D eigenvalue weighted by Gasteiger charge is -2.20. The van der Waals surface area contributed by atoms with E-state index < -0.39 is 0 Å². The molecule has 0 fully saturated rings. The third-order valence-electron chi connectivity index (χ3n) is 4.37. The summed E-state index contributed by atoms with van der Waals surface area (Å²) < 4.78 is 11.4. The van der Waals surface area contributed by atoms with Crippen molar-refractivity contribution in [1.82, 2.24) is 0 Å². The van der Waals surface area contributed by atoms with Crippen LogP contribution in [-0.2, 0) is 0 Å². The average molecular weight is 426 g/mol. The lowest BCUT2D eigenvalue weighted by Crippen LogP contribution is -2.26. The fraction of sp³-hybridized carbons (Fsp3) is 0.136. The Morgan fingerprint density at radius 2 is 1.63 bits per heavy atom. The molecule has 0 heterocycles. The number of nitrogens with zero attached hydrogens (tertiary/aromatic N) is 1. The van der Waals surface area contributed by atoms with Crippen molar-refractivity contribution in [3.63, 3.8) is 0 Å². The summed E-state index contributed by atoms with van der Waals surface area (Å²) in [5.41, 5.74) is 3.36. The van der Waals surface area contributed by atoms with Crippen LogP contribution in [0.5, 0.6) is 11.5 Å². The van der Waals surface area contributed by atoms with Crippen molar-refractivity contribution in [2.45, 2.75) is 0 Å². The zero-order valence-electron chi connectivity index (χ0n) is 15.4. The first-order chi connectivity index (χ1) is 13.0. The minimum Gasteiger partial charge on any atom is -0.497 e. The van der Waals surface area contributed by atoms with Gasteiger partial charge in [-0.05, 0) is 47.5 Å². The van der Waals surface area contributed by atoms with Gasteiger partial charge in [0.25, 0.3) is 5.91 Å². The van der Waals surface area contributed by atoms with Crippen molar-refractivity contribution in [3.05, 3.63) is 76.8 Å². The van der Waals surface area contributed by atoms with E-state index in [1.165, 1.54) is 0 Å². The summed E-state index contributed by atoms with van der Waals surface area (Å²) in [7, 11) is 4.98. The number of ether oxygens (including phenoxy) is 2. The summed E-state index contributed by atoms with van der Waals surface area (Å²) in [6, 6.07) is 20.9. The van der Waals surface area contributed by atoms with Gasteiger partial charge in [0.1, 0.15) is 11.5 Å². The topological polar surface area (TPSA) is 38.8 Å². The molecule has 0 atom stereocenters. The molecule has 0 aliphatic carbocycles. The van der Waals surface area contributed by atoms with Gasteiger partial charge in [0, 0.05) is 17.1 Å². The number of para-hydroxylation sites is 2. The summed E-state index contributed by atoms with van der Waals surface area (Å²) in [4.78, 5) is 14.5. The van der Waals surface area contributed by atoms with Crippen LogP contribution in [-0.4, -0.2) is 27.2 Å². The van der Waals surface area contributed by atoms with Crippen molar-refractivity contribution in [3.8, 4) is 22.6 Å². The van der Waals surface area contributed by atoms with E-state index in [2.05, 4.69) is 15.9 Å². The number of anilines is 1. The van der Waals surface area contributed by atoms with Gasteiger partial charge in [-0.3, -0.25) is 4.79 Å². The molecule has 0 aliphatic rings. The molecule has 5 heteroatoms. The number of hydrogen-bond acceptors (Lipinski definition) is 3. The molecular formula is C22H20BrNO3. The molecule has 27 heavy (non-hydrogen) atoms. The van der Waals surface area contributed by atoms with E-state index in [0.29, 0.717) is 11.3 Å². The molecular weight excluding hydrogens is 406 g/mol. The molecule has 3 aromatic rings. The van der Waals surface area contributed by atoms with Crippen LogP contribution in [0.3, 0.4) is 0 Å². The Kier molecular flexibility index (Phi) is 5.81. The Morgan fingerprint density at radius 1 is 0.926 bits per heavy atom. The average Bonchev–Trinajstić information content (AvgIpc) is 2.72. The molecule has 0 N–H and O–H groups in total. The lowest BCUT2D eigenvalue weighted by molar-refractivity contribution is 0.0992. The van der Waals surface area contributed by atoms with Crippen LogP contribution in [0.2, 0.25) is 0 Å². The smallest absolute Gasteiger partial charge is 0.258 e. The molecule has 0 aliphatic heterocycles. The molecule has 0 saturated heterocycles. The molecule has 0 saturated carbocycles. The molecule has 0 bridgehead atoms. The zero-order valence-corrected chi connectivity index (χ0v) is 17.0. The maximum atomic E-state index is 12.9. The van der Waals surface area contributed by atoms with E-state index in [0.717, 1.165) is 27.0 Å². The summed E-state index contributed by atoms with van der Waals surface area (Å²) in [6.07, 6.45) is 0. The second-order valence-electron chi connectivity index (χ2n) is 5.96. The third-order valence-corrected chi connectivity index (χ3v) is 5.02. The molecule has 0 radical (unpaired) electrons. The fourth-order valence-corrected chi connectivity index (χ4v) is 3.47. The number of benzene rings is 3. The van der Waals surface area contributed by atoms with E-state index in [9.17, 15) is 4.79 Å². The first kappa shape index (κ1) is 19.0. The number of carbonyl (C=O) groups is 1. The Morgan fingerprint density at radius 3 is 2.26 bits per heavy atom. The molecule has 0 aromatic heterocycles. The zero-order chi connectivity index (χ0) is 19.4. The molecule has 3 aromatic carbocycles. The molecule has 0 spiro atoms. The van der Waals surface area contributed by atoms with Crippen LogP contribution < -0.4 is 14.4 Å². The van der Waals surface area contributed by atoms with Gasteiger partial charge in [-0.2, -0.15) is 0 Å². The second kappa shape index (κ2) is 8.27. The summed E-state index contributed by atoms with van der Waals surface area (Å²) in [5.74, 6) is 1.35. The van der Waals surface area contributed by atoms with E-state index in [1.54, 1.807) is 26.2 Å². The molecule has 138 valence electrons. The van der Waals surface area contributed by atoms with Crippen LogP contribution in [0.25, 0.3) is 11.1 Å². The second-order valence-corrected chi connectivity index (χ2v) is 6.81. The summed E-state index contributed by atoms with van der Waals surface area (Å²) in [5, 5.41) is 0. The minimum absolute atomic E-state index is 0.110. The number of amides is 1. The number of halogens is 1. The maximum absolute atomic E-state index is 12.9. The first-order valence-electron chi connectivity index (χ1n) is 8.40. The van der Waals surface area contributed by atoms with Gasteiger partial charge in [-0.1, -0.05) is 46.3 Å². The largest absolute Gasteiger partial charge is 0.497 e. The number of hydrogen-bond donors (Lipinski definition) is 0. The Bertz CT molecular complexity index is 954. The van der Waals surface area contributed by atoms with Crippen molar-refractivity contribution >= 4 is 27.5 Å². The first-order valence-corrected chi connectivity index (χ1v) is 9.19. The highest BCUT2D eigenvalue weighted by molar-refractivity contribution is 9.10. The van der Waals surface area contributed by atoms with Gasteiger partial charge >= 0.3 is 0 Å². The summed E-state index contributed by atoms with van der Waals surface area (Å²) in [6.45, 7) is 0. The normalized spacial score (nSPS) is 10.4. The minimum atomic E-state index is -0.110. The van der Waals surface area contributed by atoms with E-state index in [-0.39, 0.29) is 5.91 Å². The SMILES string of the molecule is COc1ccc(-c2ccc(C(=O)N(C)c3ccccc3OC)cc2Br)cc1. The van der Waals surface area contributed by atoms with Crippen LogP contribution in [0.15, 0.2) is 71.2 Å². The standard InChI is InChI=1S/C22H20BrNO3/c1-24(20-6-4-5-7-21(20)27-3)22(25)16-10-13-18(19(23)14-16)15-8-11-17(26-2)12-9-15/h4-14H,1-3H3. The van der Waals surface area contributed by atoms with Gasteiger partial charge in [0.15, 0.2) is 0 Å². The Hall–Kier alpha value is -2.79. The van der Waals surface area contributed by atoms with Crippen molar-refractivity contribution in [1.29, 1.82) is 0 Å². The number of carbonyl (C=O) groups excluding carboxylic acids is 1. The maximum Gasteiger partial charge on any atom is 0.258 e. The van der Waals surface area contributed by atoms with Crippen LogP contribution in [0.4, 0.5) is 5.69 Å². The van der Waals surface area contributed by atoms with Crippen molar-refractivity contribution in [2.24, 2.45) is 0 Å². The van der Waals surface area contributed by atoms with E-state index in [1.807, 2.05) is 66.7 Å². The van der Waals surface area contributed by atoms with Crippen molar-refractivity contribution < 1.29 is 14.3 Å². The van der Waals surface area contributed by atoms with E-state index >= 15 is 0 Å². The van der Waals surface area contributed by atoms with Crippen LogP contribution in [0, 0.1) is 0 Å². The predicted molar refractivity (Wildman–Crippen MR) is 112 cm³/mol. The van der Waals surface area contributed by atoms with Gasteiger partial charge in [-0.15, -0.1) is 0 Å². The molecule has 1 amide bonds. The molecule has 0 unspecified atom stereocenters. The van der Waals surface area contributed by atoms with Gasteiger partial charge in [0.2, 0.25) is 0 Å². The predicted octanol–water partition coefficient (Wildman–Crippen LogP) is 5.41. The third kappa shape index (κ3) is 3.98. The molecule has 3 rings (SSSR count).